The SMILES string of the molecule is Fc1ccc2nc(CCl)n(CC3COCCO3)c2c1F. The molecule has 1 aromatic carbocycles. The van der Waals surface area contributed by atoms with Gasteiger partial charge in [-0.15, -0.1) is 11.6 Å². The lowest BCUT2D eigenvalue weighted by Crippen LogP contribution is -2.32. The molecule has 3 rings (SSSR count). The maximum Gasteiger partial charge on any atom is 0.184 e. The van der Waals surface area contributed by atoms with Crippen LogP contribution in [0.5, 0.6) is 0 Å². The van der Waals surface area contributed by atoms with Crippen LogP contribution in [0.1, 0.15) is 5.82 Å². The molecular formula is C13H13ClF2N2O2. The summed E-state index contributed by atoms with van der Waals surface area (Å²) in [5.41, 5.74) is 0.506. The first-order valence-electron chi connectivity index (χ1n) is 6.29. The van der Waals surface area contributed by atoms with Gasteiger partial charge >= 0.3 is 0 Å². The van der Waals surface area contributed by atoms with Crippen LogP contribution >= 0.6 is 11.6 Å². The fraction of sp³-hybridized carbons (Fsp3) is 0.462. The summed E-state index contributed by atoms with van der Waals surface area (Å²) in [4.78, 5) is 4.23. The number of imidazole rings is 1. The van der Waals surface area contributed by atoms with Crippen LogP contribution in [-0.2, 0) is 21.9 Å². The molecular weight excluding hydrogens is 290 g/mol. The van der Waals surface area contributed by atoms with Gasteiger partial charge in [-0.3, -0.25) is 0 Å². The van der Waals surface area contributed by atoms with Crippen molar-refractivity contribution in [2.75, 3.05) is 19.8 Å². The van der Waals surface area contributed by atoms with Crippen molar-refractivity contribution >= 4 is 22.6 Å². The van der Waals surface area contributed by atoms with Crippen LogP contribution in [-0.4, -0.2) is 35.5 Å². The highest BCUT2D eigenvalue weighted by Gasteiger charge is 2.21. The maximum atomic E-state index is 14.0. The van der Waals surface area contributed by atoms with Gasteiger partial charge in [0.15, 0.2) is 11.6 Å². The molecule has 1 atom stereocenters. The average Bonchev–Trinajstić information content (AvgIpc) is 2.83. The third-order valence-electron chi connectivity index (χ3n) is 3.27. The van der Waals surface area contributed by atoms with E-state index in [1.54, 1.807) is 4.57 Å². The zero-order valence-electron chi connectivity index (χ0n) is 10.6. The second kappa shape index (κ2) is 5.63. The topological polar surface area (TPSA) is 36.3 Å². The number of rotatable bonds is 3. The number of alkyl halides is 1. The average molecular weight is 303 g/mol. The van der Waals surface area contributed by atoms with Gasteiger partial charge in [-0.2, -0.15) is 0 Å². The molecule has 0 saturated carbocycles. The summed E-state index contributed by atoms with van der Waals surface area (Å²) in [5.74, 6) is -1.22. The molecule has 1 saturated heterocycles. The first kappa shape index (κ1) is 13.7. The molecule has 20 heavy (non-hydrogen) atoms. The second-order valence-electron chi connectivity index (χ2n) is 4.57. The number of halogens is 3. The van der Waals surface area contributed by atoms with E-state index in [4.69, 9.17) is 21.1 Å². The lowest BCUT2D eigenvalue weighted by Gasteiger charge is -2.24. The van der Waals surface area contributed by atoms with E-state index < -0.39 is 11.6 Å². The van der Waals surface area contributed by atoms with Gasteiger partial charge in [0.2, 0.25) is 0 Å². The molecule has 0 N–H and O–H groups in total. The number of hydrogen-bond donors (Lipinski definition) is 0. The fourth-order valence-corrected chi connectivity index (χ4v) is 2.55. The minimum absolute atomic E-state index is 0.114. The molecule has 1 aliphatic heterocycles. The Labute approximate surface area is 119 Å². The van der Waals surface area contributed by atoms with E-state index in [9.17, 15) is 8.78 Å². The molecule has 1 aromatic heterocycles. The number of ether oxygens (including phenoxy) is 2. The summed E-state index contributed by atoms with van der Waals surface area (Å²) >= 11 is 5.84. The highest BCUT2D eigenvalue weighted by atomic mass is 35.5. The lowest BCUT2D eigenvalue weighted by molar-refractivity contribution is -0.0934. The Bertz CT molecular complexity index is 626. The van der Waals surface area contributed by atoms with E-state index in [0.717, 1.165) is 6.07 Å². The Morgan fingerprint density at radius 3 is 2.90 bits per heavy atom. The molecule has 0 aliphatic carbocycles. The minimum atomic E-state index is -0.914. The number of benzene rings is 1. The molecule has 0 spiro atoms. The third-order valence-corrected chi connectivity index (χ3v) is 3.51. The number of aromatic nitrogens is 2. The van der Waals surface area contributed by atoms with Gasteiger partial charge < -0.3 is 14.0 Å². The molecule has 7 heteroatoms. The predicted octanol–water partition coefficient (Wildman–Crippen LogP) is 2.47. The molecule has 1 unspecified atom stereocenters. The van der Waals surface area contributed by atoms with Gasteiger partial charge in [-0.05, 0) is 12.1 Å². The van der Waals surface area contributed by atoms with Gasteiger partial charge in [0, 0.05) is 0 Å². The molecule has 1 fully saturated rings. The van der Waals surface area contributed by atoms with E-state index in [1.165, 1.54) is 6.07 Å². The number of hydrogen-bond acceptors (Lipinski definition) is 3. The van der Waals surface area contributed by atoms with Crippen molar-refractivity contribution in [3.05, 3.63) is 29.6 Å². The van der Waals surface area contributed by atoms with Crippen molar-refractivity contribution in [1.29, 1.82) is 0 Å². The van der Waals surface area contributed by atoms with Crippen molar-refractivity contribution in [1.82, 2.24) is 9.55 Å². The van der Waals surface area contributed by atoms with Crippen molar-refractivity contribution < 1.29 is 18.3 Å². The van der Waals surface area contributed by atoms with Gasteiger partial charge in [0.25, 0.3) is 0 Å². The zero-order valence-corrected chi connectivity index (χ0v) is 11.4. The fourth-order valence-electron chi connectivity index (χ4n) is 2.35. The van der Waals surface area contributed by atoms with E-state index in [2.05, 4.69) is 4.98 Å². The molecule has 1 aliphatic rings. The van der Waals surface area contributed by atoms with Crippen molar-refractivity contribution in [3.8, 4) is 0 Å². The highest BCUT2D eigenvalue weighted by Crippen LogP contribution is 2.24. The Balaban J connectivity index is 2.04. The first-order valence-corrected chi connectivity index (χ1v) is 6.82. The van der Waals surface area contributed by atoms with E-state index in [0.29, 0.717) is 37.7 Å². The smallest absolute Gasteiger partial charge is 0.184 e. The zero-order chi connectivity index (χ0) is 14.1. The van der Waals surface area contributed by atoms with Crippen LogP contribution in [0.3, 0.4) is 0 Å². The predicted molar refractivity (Wildman–Crippen MR) is 69.8 cm³/mol. The molecule has 4 nitrogen and oxygen atoms in total. The standard InChI is InChI=1S/C13H13ClF2N2O2/c14-5-11-17-10-2-1-9(15)12(16)13(10)18(11)6-8-7-19-3-4-20-8/h1-2,8H,3-7H2. The van der Waals surface area contributed by atoms with Crippen LogP contribution in [0, 0.1) is 11.6 Å². The van der Waals surface area contributed by atoms with Crippen molar-refractivity contribution in [2.45, 2.75) is 18.5 Å². The van der Waals surface area contributed by atoms with Crippen LogP contribution in [0.2, 0.25) is 0 Å². The monoisotopic (exact) mass is 302 g/mol. The second-order valence-corrected chi connectivity index (χ2v) is 4.84. The Hall–Kier alpha value is -1.24. The normalized spacial score (nSPS) is 19.6. The van der Waals surface area contributed by atoms with Crippen molar-refractivity contribution in [2.24, 2.45) is 0 Å². The van der Waals surface area contributed by atoms with Gasteiger partial charge in [0.05, 0.1) is 43.9 Å². The van der Waals surface area contributed by atoms with E-state index >= 15 is 0 Å². The minimum Gasteiger partial charge on any atom is -0.376 e. The Morgan fingerprint density at radius 1 is 1.35 bits per heavy atom. The summed E-state index contributed by atoms with van der Waals surface area (Å²) in [7, 11) is 0. The van der Waals surface area contributed by atoms with E-state index in [-0.39, 0.29) is 17.5 Å². The van der Waals surface area contributed by atoms with Gasteiger partial charge in [0.1, 0.15) is 11.3 Å². The summed E-state index contributed by atoms with van der Waals surface area (Å²) in [6.07, 6.45) is -0.217. The van der Waals surface area contributed by atoms with Gasteiger partial charge in [-0.25, -0.2) is 13.8 Å². The number of fused-ring (bicyclic) bond motifs is 1. The third kappa shape index (κ3) is 2.39. The van der Waals surface area contributed by atoms with Gasteiger partial charge in [-0.1, -0.05) is 0 Å². The quantitative estimate of drug-likeness (QED) is 0.817. The first-order chi connectivity index (χ1) is 9.70. The van der Waals surface area contributed by atoms with Crippen LogP contribution in [0.25, 0.3) is 11.0 Å². The largest absolute Gasteiger partial charge is 0.376 e. The maximum absolute atomic E-state index is 14.0. The molecule has 0 radical (unpaired) electrons. The molecule has 108 valence electrons. The molecule has 0 bridgehead atoms. The summed E-state index contributed by atoms with van der Waals surface area (Å²) in [6.45, 7) is 1.79. The van der Waals surface area contributed by atoms with Crippen LogP contribution in [0.15, 0.2) is 12.1 Å². The highest BCUT2D eigenvalue weighted by molar-refractivity contribution is 6.16. The molecule has 2 heterocycles. The van der Waals surface area contributed by atoms with Crippen molar-refractivity contribution in [3.63, 3.8) is 0 Å². The van der Waals surface area contributed by atoms with Crippen LogP contribution in [0.4, 0.5) is 8.78 Å². The Kier molecular flexibility index (Phi) is 3.87. The Morgan fingerprint density at radius 2 is 2.20 bits per heavy atom. The van der Waals surface area contributed by atoms with Crippen LogP contribution < -0.4 is 0 Å². The molecule has 2 aromatic rings. The summed E-state index contributed by atoms with van der Waals surface area (Å²) in [6, 6.07) is 2.51. The lowest BCUT2D eigenvalue weighted by atomic mass is 10.2. The summed E-state index contributed by atoms with van der Waals surface area (Å²) in [5, 5.41) is 0. The summed E-state index contributed by atoms with van der Waals surface area (Å²) < 4.78 is 39.8. The van der Waals surface area contributed by atoms with E-state index in [1.807, 2.05) is 0 Å². The number of nitrogens with zero attached hydrogens (tertiary/aromatic N) is 2. The molecule has 0 amide bonds.